The molecule has 1 aliphatic rings. The third kappa shape index (κ3) is 5.17. The Kier molecular flexibility index (Phi) is 8.32. The van der Waals surface area contributed by atoms with Crippen LogP contribution in [-0.2, 0) is 11.2 Å². The molecule has 2 heterocycles. The summed E-state index contributed by atoms with van der Waals surface area (Å²) in [6, 6.07) is 8.58. The number of methoxy groups -OCH3 is 1. The van der Waals surface area contributed by atoms with Crippen LogP contribution in [-0.4, -0.2) is 42.9 Å². The molecule has 0 spiro atoms. The van der Waals surface area contributed by atoms with Gasteiger partial charge < -0.3 is 15.0 Å². The zero-order chi connectivity index (χ0) is 18.9. The van der Waals surface area contributed by atoms with Crippen molar-refractivity contribution in [1.29, 1.82) is 0 Å². The van der Waals surface area contributed by atoms with Gasteiger partial charge in [0, 0.05) is 41.2 Å². The van der Waals surface area contributed by atoms with Crippen molar-refractivity contribution in [2.45, 2.75) is 31.6 Å². The summed E-state index contributed by atoms with van der Waals surface area (Å²) in [7, 11) is 3.64. The number of aromatic nitrogens is 1. The number of hydrogen-bond donors (Lipinski definition) is 1. The van der Waals surface area contributed by atoms with E-state index in [4.69, 9.17) is 9.72 Å². The number of hydrogen-bond acceptors (Lipinski definition) is 6. The predicted octanol–water partition coefficient (Wildman–Crippen LogP) is 5.34. The van der Waals surface area contributed by atoms with Crippen molar-refractivity contribution in [2.24, 2.45) is 0 Å². The summed E-state index contributed by atoms with van der Waals surface area (Å²) in [6.07, 6.45) is 2.10. The van der Waals surface area contributed by atoms with E-state index in [0.717, 1.165) is 42.5 Å². The number of rotatable bonds is 7. The standard InChI is InChI=1S/C18H23N3OS2.C2H6/c1-13(22-3)21(2)11-6-10-19-18-20-17-14-7-4-5-8-15(14)23-12-9-16(17)24-18;1-2/h4-5,7-8H,1,6,9-12H2,2-3H3,(H,19,20);1-2H3. The van der Waals surface area contributed by atoms with Crippen molar-refractivity contribution in [1.82, 2.24) is 9.88 Å². The maximum absolute atomic E-state index is 5.13. The van der Waals surface area contributed by atoms with Crippen molar-refractivity contribution in [3.05, 3.63) is 41.6 Å². The molecule has 6 heteroatoms. The Hall–Kier alpha value is -1.66. The van der Waals surface area contributed by atoms with Crippen LogP contribution in [0, 0.1) is 0 Å². The zero-order valence-electron chi connectivity index (χ0n) is 16.2. The lowest BCUT2D eigenvalue weighted by molar-refractivity contribution is 0.176. The highest BCUT2D eigenvalue weighted by Gasteiger charge is 2.19. The maximum Gasteiger partial charge on any atom is 0.183 e. The first-order valence-electron chi connectivity index (χ1n) is 9.09. The van der Waals surface area contributed by atoms with Crippen LogP contribution in [0.2, 0.25) is 0 Å². The van der Waals surface area contributed by atoms with E-state index in [9.17, 15) is 0 Å². The molecule has 0 aliphatic carbocycles. The third-order valence-electron chi connectivity index (χ3n) is 4.03. The molecule has 0 saturated heterocycles. The maximum atomic E-state index is 5.13. The first-order chi connectivity index (χ1) is 12.7. The Labute approximate surface area is 165 Å². The van der Waals surface area contributed by atoms with E-state index in [1.54, 1.807) is 18.4 Å². The minimum atomic E-state index is 0.699. The first-order valence-corrected chi connectivity index (χ1v) is 10.9. The smallest absolute Gasteiger partial charge is 0.183 e. The number of nitrogens with one attached hydrogen (secondary N) is 1. The molecule has 0 amide bonds. The van der Waals surface area contributed by atoms with Gasteiger partial charge in [0.1, 0.15) is 0 Å². The number of anilines is 1. The first kappa shape index (κ1) is 20.6. The van der Waals surface area contributed by atoms with Crippen LogP contribution in [0.5, 0.6) is 0 Å². The molecule has 2 aromatic rings. The number of thiazole rings is 1. The van der Waals surface area contributed by atoms with Crippen LogP contribution in [0.3, 0.4) is 0 Å². The summed E-state index contributed by atoms with van der Waals surface area (Å²) in [4.78, 5) is 9.61. The Morgan fingerprint density at radius 3 is 2.88 bits per heavy atom. The van der Waals surface area contributed by atoms with Crippen LogP contribution >= 0.6 is 23.1 Å². The molecule has 3 rings (SSSR count). The topological polar surface area (TPSA) is 37.4 Å². The lowest BCUT2D eigenvalue weighted by atomic mass is 10.1. The normalized spacial score (nSPS) is 12.0. The second-order valence-corrected chi connectivity index (χ2v) is 7.91. The highest BCUT2D eigenvalue weighted by atomic mass is 32.2. The van der Waals surface area contributed by atoms with E-state index in [1.807, 2.05) is 37.6 Å². The van der Waals surface area contributed by atoms with Crippen LogP contribution in [0.25, 0.3) is 11.3 Å². The van der Waals surface area contributed by atoms with E-state index in [1.165, 1.54) is 15.3 Å². The number of aryl methyl sites for hydroxylation is 1. The SMILES string of the molecule is C=C(OC)N(C)CCCNc1nc2c(s1)CCSc1ccccc1-2.CC. The third-order valence-corrected chi connectivity index (χ3v) is 6.18. The molecule has 0 unspecified atom stereocenters. The van der Waals surface area contributed by atoms with Crippen molar-refractivity contribution in [3.63, 3.8) is 0 Å². The van der Waals surface area contributed by atoms with Gasteiger partial charge in [-0.1, -0.05) is 32.0 Å². The number of ether oxygens (including phenoxy) is 1. The summed E-state index contributed by atoms with van der Waals surface area (Å²) < 4.78 is 5.13. The summed E-state index contributed by atoms with van der Waals surface area (Å²) >= 11 is 3.72. The lowest BCUT2D eigenvalue weighted by Crippen LogP contribution is -2.21. The fourth-order valence-corrected chi connectivity index (χ4v) is 4.79. The molecular formula is C20H29N3OS2. The molecule has 0 saturated carbocycles. The molecule has 0 atom stereocenters. The van der Waals surface area contributed by atoms with Gasteiger partial charge in [0.2, 0.25) is 0 Å². The molecule has 1 aromatic carbocycles. The second kappa shape index (κ2) is 10.5. The van der Waals surface area contributed by atoms with E-state index < -0.39 is 0 Å². The van der Waals surface area contributed by atoms with E-state index >= 15 is 0 Å². The molecule has 4 nitrogen and oxygen atoms in total. The number of nitrogens with zero attached hydrogens (tertiary/aromatic N) is 2. The number of benzene rings is 1. The largest absolute Gasteiger partial charge is 0.483 e. The molecule has 142 valence electrons. The van der Waals surface area contributed by atoms with Gasteiger partial charge in [0.25, 0.3) is 0 Å². The number of thioether (sulfide) groups is 1. The average molecular weight is 392 g/mol. The molecule has 1 N–H and O–H groups in total. The van der Waals surface area contributed by atoms with Gasteiger partial charge in [-0.05, 0) is 25.5 Å². The molecular weight excluding hydrogens is 362 g/mol. The van der Waals surface area contributed by atoms with Gasteiger partial charge in [-0.2, -0.15) is 0 Å². The van der Waals surface area contributed by atoms with Gasteiger partial charge in [0.05, 0.1) is 12.8 Å². The molecule has 1 aliphatic heterocycles. The Morgan fingerprint density at radius 2 is 2.12 bits per heavy atom. The zero-order valence-corrected chi connectivity index (χ0v) is 17.8. The van der Waals surface area contributed by atoms with Crippen LogP contribution in [0.4, 0.5) is 5.13 Å². The van der Waals surface area contributed by atoms with Gasteiger partial charge in [-0.15, -0.1) is 23.1 Å². The van der Waals surface area contributed by atoms with Crippen LogP contribution < -0.4 is 5.32 Å². The summed E-state index contributed by atoms with van der Waals surface area (Å²) in [5, 5.41) is 4.49. The fraction of sp³-hybridized carbons (Fsp3) is 0.450. The minimum absolute atomic E-state index is 0.699. The van der Waals surface area contributed by atoms with Crippen LogP contribution in [0.1, 0.15) is 25.1 Å². The fourth-order valence-electron chi connectivity index (χ4n) is 2.64. The van der Waals surface area contributed by atoms with Crippen molar-refractivity contribution >= 4 is 28.2 Å². The van der Waals surface area contributed by atoms with E-state index in [-0.39, 0.29) is 0 Å². The highest BCUT2D eigenvalue weighted by molar-refractivity contribution is 7.99. The quantitative estimate of drug-likeness (QED) is 0.510. The Bertz CT molecular complexity index is 715. The molecule has 0 radical (unpaired) electrons. The monoisotopic (exact) mass is 391 g/mol. The van der Waals surface area contributed by atoms with Gasteiger partial charge in [0.15, 0.2) is 11.0 Å². The minimum Gasteiger partial charge on any atom is -0.483 e. The van der Waals surface area contributed by atoms with Gasteiger partial charge in [-0.3, -0.25) is 0 Å². The second-order valence-electron chi connectivity index (χ2n) is 5.69. The van der Waals surface area contributed by atoms with E-state index in [0.29, 0.717) is 5.88 Å². The average Bonchev–Trinajstić information content (AvgIpc) is 3.01. The van der Waals surface area contributed by atoms with Crippen LogP contribution in [0.15, 0.2) is 41.6 Å². The Morgan fingerprint density at radius 1 is 1.35 bits per heavy atom. The molecule has 26 heavy (non-hydrogen) atoms. The van der Waals surface area contributed by atoms with E-state index in [2.05, 4.69) is 36.2 Å². The van der Waals surface area contributed by atoms with Crippen molar-refractivity contribution < 1.29 is 4.74 Å². The molecule has 0 bridgehead atoms. The lowest BCUT2D eigenvalue weighted by Gasteiger charge is -2.19. The summed E-state index contributed by atoms with van der Waals surface area (Å²) in [5.74, 6) is 1.82. The van der Waals surface area contributed by atoms with Gasteiger partial charge in [-0.25, -0.2) is 4.98 Å². The number of fused-ring (bicyclic) bond motifs is 3. The Balaban J connectivity index is 0.00000117. The molecule has 0 fully saturated rings. The molecule has 1 aromatic heterocycles. The highest BCUT2D eigenvalue weighted by Crippen LogP contribution is 2.40. The summed E-state index contributed by atoms with van der Waals surface area (Å²) in [6.45, 7) is 9.66. The predicted molar refractivity (Wildman–Crippen MR) is 115 cm³/mol. The van der Waals surface area contributed by atoms with Crippen molar-refractivity contribution in [2.75, 3.05) is 38.3 Å². The van der Waals surface area contributed by atoms with Gasteiger partial charge >= 0.3 is 0 Å². The summed E-state index contributed by atoms with van der Waals surface area (Å²) in [5.41, 5.74) is 2.43. The van der Waals surface area contributed by atoms with Crippen molar-refractivity contribution in [3.8, 4) is 11.3 Å².